The number of carbonyl (C=O) groups excluding carboxylic acids is 4. The van der Waals surface area contributed by atoms with Crippen molar-refractivity contribution in [2.45, 2.75) is 29.5 Å². The van der Waals surface area contributed by atoms with Gasteiger partial charge in [0, 0.05) is 10.6 Å². The van der Waals surface area contributed by atoms with Crippen molar-refractivity contribution < 1.29 is 23.9 Å². The lowest BCUT2D eigenvalue weighted by molar-refractivity contribution is -0.139. The molecule has 1 saturated heterocycles. The fourth-order valence-corrected chi connectivity index (χ4v) is 4.03. The van der Waals surface area contributed by atoms with Crippen LogP contribution in [0.3, 0.4) is 0 Å². The predicted molar refractivity (Wildman–Crippen MR) is 112 cm³/mol. The molecule has 1 heterocycles. The van der Waals surface area contributed by atoms with Crippen LogP contribution in [0, 0.1) is 0 Å². The van der Waals surface area contributed by atoms with E-state index in [1.807, 2.05) is 0 Å². The van der Waals surface area contributed by atoms with Gasteiger partial charge < -0.3 is 15.4 Å². The zero-order valence-corrected chi connectivity index (χ0v) is 17.5. The molecule has 0 spiro atoms. The topological polar surface area (TPSA) is 114 Å². The van der Waals surface area contributed by atoms with Crippen LogP contribution < -0.4 is 16.0 Å². The average Bonchev–Trinajstić information content (AvgIpc) is 3.00. The molecule has 9 heteroatoms. The van der Waals surface area contributed by atoms with Gasteiger partial charge in [0.25, 0.3) is 11.8 Å². The summed E-state index contributed by atoms with van der Waals surface area (Å²) < 4.78 is 4.74. The summed E-state index contributed by atoms with van der Waals surface area (Å²) in [7, 11) is 1.32. The number of imide groups is 1. The summed E-state index contributed by atoms with van der Waals surface area (Å²) in [6.07, 6.45) is 0. The van der Waals surface area contributed by atoms with Crippen molar-refractivity contribution in [1.29, 1.82) is 0 Å². The third kappa shape index (κ3) is 4.30. The van der Waals surface area contributed by atoms with Crippen LogP contribution in [0.25, 0.3) is 0 Å². The monoisotopic (exact) mass is 427 g/mol. The van der Waals surface area contributed by atoms with Crippen molar-refractivity contribution in [2.24, 2.45) is 0 Å². The third-order valence-corrected chi connectivity index (χ3v) is 5.87. The van der Waals surface area contributed by atoms with E-state index in [9.17, 15) is 19.2 Å². The van der Waals surface area contributed by atoms with Crippen LogP contribution in [0.4, 0.5) is 10.5 Å². The minimum absolute atomic E-state index is 0.364. The van der Waals surface area contributed by atoms with Gasteiger partial charge in [-0.15, -0.1) is 11.8 Å². The average molecular weight is 427 g/mol. The molecule has 2 atom stereocenters. The zero-order valence-electron chi connectivity index (χ0n) is 16.6. The SMILES string of the molecule is COC(=O)[C@@H](C)Sc1ccccc1C(=O)Nc1cccc([C@]2(C)NC(=O)NC2=O)c1. The van der Waals surface area contributed by atoms with Crippen LogP contribution in [0.15, 0.2) is 53.4 Å². The molecule has 3 N–H and O–H groups in total. The second-order valence-corrected chi connectivity index (χ2v) is 8.23. The van der Waals surface area contributed by atoms with Gasteiger partial charge in [-0.3, -0.25) is 19.7 Å². The van der Waals surface area contributed by atoms with E-state index in [0.717, 1.165) is 0 Å². The molecule has 156 valence electrons. The molecular weight excluding hydrogens is 406 g/mol. The van der Waals surface area contributed by atoms with E-state index in [1.54, 1.807) is 62.4 Å². The Morgan fingerprint density at radius 2 is 1.87 bits per heavy atom. The van der Waals surface area contributed by atoms with Crippen LogP contribution in [0.2, 0.25) is 0 Å². The number of ether oxygens (including phenoxy) is 1. The van der Waals surface area contributed by atoms with Crippen molar-refractivity contribution in [1.82, 2.24) is 10.6 Å². The van der Waals surface area contributed by atoms with Crippen molar-refractivity contribution >= 4 is 41.3 Å². The summed E-state index contributed by atoms with van der Waals surface area (Å²) in [6, 6.07) is 13.1. The predicted octanol–water partition coefficient (Wildman–Crippen LogP) is 2.65. The van der Waals surface area contributed by atoms with Gasteiger partial charge in [0.05, 0.1) is 12.7 Å². The molecule has 8 nitrogen and oxygen atoms in total. The van der Waals surface area contributed by atoms with E-state index in [2.05, 4.69) is 16.0 Å². The lowest BCUT2D eigenvalue weighted by Gasteiger charge is -2.22. The van der Waals surface area contributed by atoms with Gasteiger partial charge in [-0.1, -0.05) is 24.3 Å². The third-order valence-electron chi connectivity index (χ3n) is 4.71. The molecule has 1 aliphatic rings. The minimum Gasteiger partial charge on any atom is -0.468 e. The smallest absolute Gasteiger partial charge is 0.322 e. The van der Waals surface area contributed by atoms with Crippen LogP contribution in [-0.2, 0) is 19.9 Å². The van der Waals surface area contributed by atoms with E-state index in [-0.39, 0.29) is 11.9 Å². The van der Waals surface area contributed by atoms with Crippen molar-refractivity contribution in [3.63, 3.8) is 0 Å². The second-order valence-electron chi connectivity index (χ2n) is 6.85. The highest BCUT2D eigenvalue weighted by atomic mass is 32.2. The molecule has 2 aromatic rings. The quantitative estimate of drug-likeness (QED) is 0.371. The number of hydrogen-bond acceptors (Lipinski definition) is 6. The van der Waals surface area contributed by atoms with Crippen molar-refractivity contribution in [3.8, 4) is 0 Å². The Morgan fingerprint density at radius 3 is 2.53 bits per heavy atom. The molecule has 0 bridgehead atoms. The summed E-state index contributed by atoms with van der Waals surface area (Å²) in [5.41, 5.74) is 0.183. The first kappa shape index (κ1) is 21.4. The highest BCUT2D eigenvalue weighted by molar-refractivity contribution is 8.00. The van der Waals surface area contributed by atoms with Crippen LogP contribution in [0.1, 0.15) is 29.8 Å². The molecule has 0 aliphatic carbocycles. The van der Waals surface area contributed by atoms with Gasteiger partial charge in [-0.2, -0.15) is 0 Å². The molecule has 1 aliphatic heterocycles. The normalized spacial score (nSPS) is 18.9. The number of hydrogen-bond donors (Lipinski definition) is 3. The number of rotatable bonds is 6. The first-order valence-electron chi connectivity index (χ1n) is 9.13. The number of amides is 4. The van der Waals surface area contributed by atoms with Gasteiger partial charge >= 0.3 is 12.0 Å². The molecular formula is C21H21N3O5S. The number of esters is 1. The molecule has 0 unspecified atom stereocenters. The fraction of sp³-hybridized carbons (Fsp3) is 0.238. The highest BCUT2D eigenvalue weighted by Crippen LogP contribution is 2.29. The van der Waals surface area contributed by atoms with Crippen LogP contribution >= 0.6 is 11.8 Å². The number of methoxy groups -OCH3 is 1. The summed E-state index contributed by atoms with van der Waals surface area (Å²) in [4.78, 5) is 49.0. The number of urea groups is 1. The van der Waals surface area contributed by atoms with E-state index in [0.29, 0.717) is 21.7 Å². The molecule has 2 aromatic carbocycles. The maximum absolute atomic E-state index is 12.9. The van der Waals surface area contributed by atoms with Crippen molar-refractivity contribution in [3.05, 3.63) is 59.7 Å². The Bertz CT molecular complexity index is 1030. The van der Waals surface area contributed by atoms with E-state index >= 15 is 0 Å². The van der Waals surface area contributed by atoms with Crippen molar-refractivity contribution in [2.75, 3.05) is 12.4 Å². The Balaban J connectivity index is 1.82. The molecule has 4 amide bonds. The molecule has 3 rings (SSSR count). The van der Waals surface area contributed by atoms with Gasteiger partial charge in [0.1, 0.15) is 10.8 Å². The van der Waals surface area contributed by atoms with E-state index < -0.39 is 22.7 Å². The fourth-order valence-electron chi connectivity index (χ4n) is 3.01. The largest absolute Gasteiger partial charge is 0.468 e. The second kappa shape index (κ2) is 8.58. The van der Waals surface area contributed by atoms with Gasteiger partial charge in [-0.25, -0.2) is 4.79 Å². The highest BCUT2D eigenvalue weighted by Gasteiger charge is 2.43. The Hall–Kier alpha value is -3.33. The number of thioether (sulfide) groups is 1. The molecule has 1 fully saturated rings. The van der Waals surface area contributed by atoms with E-state index in [1.165, 1.54) is 18.9 Å². The summed E-state index contributed by atoms with van der Waals surface area (Å²) in [5.74, 6) is -1.21. The minimum atomic E-state index is -1.22. The summed E-state index contributed by atoms with van der Waals surface area (Å²) in [6.45, 7) is 3.30. The van der Waals surface area contributed by atoms with E-state index in [4.69, 9.17) is 4.74 Å². The molecule has 30 heavy (non-hydrogen) atoms. The molecule has 0 aromatic heterocycles. The number of benzene rings is 2. The lowest BCUT2D eigenvalue weighted by Crippen LogP contribution is -2.40. The Labute approximate surface area is 177 Å². The standard InChI is InChI=1S/C21H21N3O5S/c1-12(18(26)29-3)30-16-10-5-4-9-15(16)17(25)22-14-8-6-7-13(11-14)21(2)19(27)23-20(28)24-21/h4-12H,1-3H3,(H,22,25)(H2,23,24,27,28)/t12-,21+/m1/s1. The van der Waals surface area contributed by atoms with Gasteiger partial charge in [-0.05, 0) is 43.7 Å². The number of carbonyl (C=O) groups is 4. The van der Waals surface area contributed by atoms with Crippen LogP contribution in [0.5, 0.6) is 0 Å². The van der Waals surface area contributed by atoms with Gasteiger partial charge in [0.2, 0.25) is 0 Å². The molecule has 0 saturated carbocycles. The Morgan fingerprint density at radius 1 is 1.13 bits per heavy atom. The maximum Gasteiger partial charge on any atom is 0.322 e. The van der Waals surface area contributed by atoms with Gasteiger partial charge in [0.15, 0.2) is 0 Å². The summed E-state index contributed by atoms with van der Waals surface area (Å²) in [5, 5.41) is 7.14. The number of nitrogens with one attached hydrogen (secondary N) is 3. The number of anilines is 1. The summed E-state index contributed by atoms with van der Waals surface area (Å²) >= 11 is 1.23. The van der Waals surface area contributed by atoms with Crippen LogP contribution in [-0.4, -0.2) is 36.2 Å². The maximum atomic E-state index is 12.9. The molecule has 0 radical (unpaired) electrons. The first-order chi connectivity index (χ1) is 14.2. The first-order valence-corrected chi connectivity index (χ1v) is 10.0. The lowest BCUT2D eigenvalue weighted by atomic mass is 9.92. The Kier molecular flexibility index (Phi) is 6.12. The zero-order chi connectivity index (χ0) is 21.9.